The van der Waals surface area contributed by atoms with Crippen LogP contribution in [0.15, 0.2) is 0 Å². The summed E-state index contributed by atoms with van der Waals surface area (Å²) in [6, 6.07) is 0. The second kappa shape index (κ2) is 38.8. The van der Waals surface area contributed by atoms with Gasteiger partial charge in [-0.2, -0.15) is 0 Å². The van der Waals surface area contributed by atoms with Crippen molar-refractivity contribution in [2.45, 2.75) is 238 Å². The Balaban J connectivity index is 3.69. The average molecular weight is 719 g/mol. The Hall–Kier alpha value is -0.460. The van der Waals surface area contributed by atoms with Gasteiger partial charge in [0.05, 0.1) is 13.2 Å². The molecule has 0 fully saturated rings. The summed E-state index contributed by atoms with van der Waals surface area (Å²) in [7, 11) is -4.64. The molecule has 0 radical (unpaired) electrons. The predicted molar refractivity (Wildman–Crippen MR) is 207 cm³/mol. The molecule has 0 amide bonds. The predicted octanol–water partition coefficient (Wildman–Crippen LogP) is 13.3. The van der Waals surface area contributed by atoms with E-state index in [2.05, 4.69) is 18.4 Å². The number of hydrogen-bond donors (Lipinski definition) is 2. The highest BCUT2D eigenvalue weighted by atomic mass is 31.2. The van der Waals surface area contributed by atoms with E-state index in [-0.39, 0.29) is 19.2 Å². The third-order valence-corrected chi connectivity index (χ3v) is 10.1. The minimum absolute atomic E-state index is 0.0864. The van der Waals surface area contributed by atoms with Crippen LogP contribution in [0.4, 0.5) is 0 Å². The molecule has 2 N–H and O–H groups in total. The van der Waals surface area contributed by atoms with Gasteiger partial charge in [-0.25, -0.2) is 4.57 Å². The van der Waals surface area contributed by atoms with Crippen LogP contribution in [0.1, 0.15) is 232 Å². The maximum Gasteiger partial charge on any atom is 0.469 e. The van der Waals surface area contributed by atoms with Gasteiger partial charge < -0.3 is 19.3 Å². The zero-order valence-electron chi connectivity index (χ0n) is 32.6. The molecule has 294 valence electrons. The first-order valence-corrected chi connectivity index (χ1v) is 22.9. The molecule has 7 nitrogen and oxygen atoms in total. The number of ether oxygens (including phenoxy) is 2. The van der Waals surface area contributed by atoms with E-state index in [9.17, 15) is 9.36 Å². The lowest BCUT2D eigenvalue weighted by molar-refractivity contribution is -0.154. The van der Waals surface area contributed by atoms with E-state index in [0.29, 0.717) is 13.0 Å². The maximum atomic E-state index is 12.4. The van der Waals surface area contributed by atoms with Crippen molar-refractivity contribution >= 4 is 13.8 Å². The summed E-state index contributed by atoms with van der Waals surface area (Å²) in [6.07, 6.45) is 42.5. The highest BCUT2D eigenvalue weighted by molar-refractivity contribution is 7.46. The first-order chi connectivity index (χ1) is 23.9. The molecule has 1 atom stereocenters. The van der Waals surface area contributed by atoms with Gasteiger partial charge in [0.15, 0.2) is 0 Å². The quantitative estimate of drug-likeness (QED) is 0.0368. The fourth-order valence-electron chi connectivity index (χ4n) is 6.50. The Morgan fingerprint density at radius 3 is 1.10 bits per heavy atom. The highest BCUT2D eigenvalue weighted by Crippen LogP contribution is 2.36. The van der Waals surface area contributed by atoms with Crippen molar-refractivity contribution in [2.24, 2.45) is 0 Å². The van der Waals surface area contributed by atoms with Crippen LogP contribution < -0.4 is 0 Å². The fourth-order valence-corrected chi connectivity index (χ4v) is 6.86. The second-order valence-corrected chi connectivity index (χ2v) is 15.9. The molecule has 0 aromatic rings. The Labute approximate surface area is 304 Å². The van der Waals surface area contributed by atoms with Crippen LogP contribution in [0.25, 0.3) is 0 Å². The van der Waals surface area contributed by atoms with Crippen LogP contribution in [-0.4, -0.2) is 41.7 Å². The summed E-state index contributed by atoms with van der Waals surface area (Å²) in [6.45, 7) is 4.80. The second-order valence-electron chi connectivity index (χ2n) is 14.7. The summed E-state index contributed by atoms with van der Waals surface area (Å²) >= 11 is 0. The summed E-state index contributed by atoms with van der Waals surface area (Å²) in [4.78, 5) is 30.6. The van der Waals surface area contributed by atoms with Crippen molar-refractivity contribution in [1.29, 1.82) is 0 Å². The molecule has 0 spiro atoms. The third kappa shape index (κ3) is 41.8. The van der Waals surface area contributed by atoms with Gasteiger partial charge in [0, 0.05) is 13.0 Å². The van der Waals surface area contributed by atoms with Crippen LogP contribution >= 0.6 is 7.82 Å². The zero-order valence-corrected chi connectivity index (χ0v) is 33.5. The smallest absolute Gasteiger partial charge is 0.457 e. The Bertz CT molecular complexity index is 714. The molecule has 0 aliphatic heterocycles. The number of hydrogen-bond acceptors (Lipinski definition) is 5. The van der Waals surface area contributed by atoms with Gasteiger partial charge in [0.25, 0.3) is 0 Å². The normalized spacial score (nSPS) is 12.5. The van der Waals surface area contributed by atoms with E-state index >= 15 is 0 Å². The molecule has 49 heavy (non-hydrogen) atoms. The number of carbonyl (C=O) groups is 1. The van der Waals surface area contributed by atoms with E-state index in [0.717, 1.165) is 32.1 Å². The van der Waals surface area contributed by atoms with Gasteiger partial charge in [0.2, 0.25) is 0 Å². The molecule has 0 heterocycles. The number of unbranched alkanes of at least 4 members (excludes halogenated alkanes) is 31. The Morgan fingerprint density at radius 2 is 0.776 bits per heavy atom. The van der Waals surface area contributed by atoms with Gasteiger partial charge >= 0.3 is 13.8 Å². The van der Waals surface area contributed by atoms with Crippen LogP contribution in [0, 0.1) is 0 Å². The van der Waals surface area contributed by atoms with Crippen molar-refractivity contribution in [3.8, 4) is 0 Å². The van der Waals surface area contributed by atoms with Gasteiger partial charge in [-0.3, -0.25) is 9.32 Å². The first kappa shape index (κ1) is 48.5. The lowest BCUT2D eigenvalue weighted by Crippen LogP contribution is -2.28. The van der Waals surface area contributed by atoms with Crippen molar-refractivity contribution in [1.82, 2.24) is 0 Å². The third-order valence-electron chi connectivity index (χ3n) is 9.66. The molecule has 0 aromatic heterocycles. The topological polar surface area (TPSA) is 102 Å². The SMILES string of the molecule is CCCCCCCCCCCCCCCCCCCCCCCC(=O)O[C@H](COCCCCCCCCCCCCCC)COP(=O)(O)O. The van der Waals surface area contributed by atoms with Crippen LogP contribution in [-0.2, 0) is 23.4 Å². The van der Waals surface area contributed by atoms with Crippen molar-refractivity contribution in [3.05, 3.63) is 0 Å². The van der Waals surface area contributed by atoms with Gasteiger partial charge in [-0.15, -0.1) is 0 Å². The molecule has 0 rings (SSSR count). The van der Waals surface area contributed by atoms with Gasteiger partial charge in [0.1, 0.15) is 6.10 Å². The largest absolute Gasteiger partial charge is 0.469 e. The lowest BCUT2D eigenvalue weighted by atomic mass is 10.0. The van der Waals surface area contributed by atoms with E-state index in [4.69, 9.17) is 19.3 Å². The van der Waals surface area contributed by atoms with Crippen LogP contribution in [0.3, 0.4) is 0 Å². The molecular weight excluding hydrogens is 635 g/mol. The zero-order chi connectivity index (χ0) is 35.9. The number of rotatable bonds is 41. The molecule has 0 bridgehead atoms. The van der Waals surface area contributed by atoms with E-state index in [1.54, 1.807) is 0 Å². The minimum Gasteiger partial charge on any atom is -0.457 e. The number of phosphoric acid groups is 1. The van der Waals surface area contributed by atoms with E-state index in [1.165, 1.54) is 180 Å². The molecule has 0 aliphatic rings. The monoisotopic (exact) mass is 719 g/mol. The molecule has 8 heteroatoms. The standard InChI is InChI=1S/C41H83O7P/c1-3-5-7-9-11-13-15-17-18-19-20-21-22-23-24-25-26-28-30-32-34-36-41(42)48-40(39-47-49(43,44)45)38-46-37-35-33-31-29-27-16-14-12-10-8-6-4-2/h40H,3-39H2,1-2H3,(H2,43,44,45)/t40-/m1/s1. The molecule has 0 saturated heterocycles. The minimum atomic E-state index is -4.64. The van der Waals surface area contributed by atoms with Crippen LogP contribution in [0.2, 0.25) is 0 Å². The van der Waals surface area contributed by atoms with Crippen molar-refractivity contribution < 1.29 is 33.1 Å². The van der Waals surface area contributed by atoms with E-state index < -0.39 is 13.9 Å². The molecular formula is C41H83O7P. The van der Waals surface area contributed by atoms with Gasteiger partial charge in [-0.05, 0) is 12.8 Å². The fraction of sp³-hybridized carbons (Fsp3) is 0.976. The first-order valence-electron chi connectivity index (χ1n) is 21.4. The summed E-state index contributed by atoms with van der Waals surface area (Å²) < 4.78 is 27.0. The Morgan fingerprint density at radius 1 is 0.469 bits per heavy atom. The van der Waals surface area contributed by atoms with Gasteiger partial charge in [-0.1, -0.05) is 213 Å². The van der Waals surface area contributed by atoms with Crippen molar-refractivity contribution in [2.75, 3.05) is 19.8 Å². The summed E-state index contributed by atoms with van der Waals surface area (Å²) in [5.41, 5.74) is 0. The molecule has 0 saturated carbocycles. The summed E-state index contributed by atoms with van der Waals surface area (Å²) in [5.74, 6) is -0.355. The number of carbonyl (C=O) groups excluding carboxylic acids is 1. The highest BCUT2D eigenvalue weighted by Gasteiger charge is 2.21. The van der Waals surface area contributed by atoms with E-state index in [1.807, 2.05) is 0 Å². The number of phosphoric ester groups is 1. The van der Waals surface area contributed by atoms with Crippen LogP contribution in [0.5, 0.6) is 0 Å². The molecule has 0 unspecified atom stereocenters. The summed E-state index contributed by atoms with van der Waals surface area (Å²) in [5, 5.41) is 0. The molecule has 0 aliphatic carbocycles. The lowest BCUT2D eigenvalue weighted by Gasteiger charge is -2.18. The number of esters is 1. The average Bonchev–Trinajstić information content (AvgIpc) is 3.07. The van der Waals surface area contributed by atoms with Crippen molar-refractivity contribution in [3.63, 3.8) is 0 Å². The Kier molecular flexibility index (Phi) is 38.4. The maximum absolute atomic E-state index is 12.4. The molecule has 0 aromatic carbocycles.